The molecular weight excluding hydrogens is 176 g/mol. The topological polar surface area (TPSA) is 64.5 Å². The molecule has 0 aromatic carbocycles. The predicted octanol–water partition coefficient (Wildman–Crippen LogP) is 0.814. The maximum absolute atomic E-state index is 8.95. The molecule has 4 nitrogen and oxygen atoms in total. The first kappa shape index (κ1) is 10.3. The molecule has 0 amide bonds. The van der Waals surface area contributed by atoms with Gasteiger partial charge in [-0.25, -0.2) is 0 Å². The molecule has 72 valence electrons. The summed E-state index contributed by atoms with van der Waals surface area (Å²) in [6.07, 6.45) is 5.12. The molecule has 0 aliphatic carbocycles. The highest BCUT2D eigenvalue weighted by molar-refractivity contribution is 5.31. The lowest BCUT2D eigenvalue weighted by atomic mass is 10.1. The normalized spacial score (nSPS) is 11.7. The summed E-state index contributed by atoms with van der Waals surface area (Å²) in [5.74, 6) is 2.44. The largest absolute Gasteiger partial charge is 0.287 e. The summed E-state index contributed by atoms with van der Waals surface area (Å²) in [6, 6.07) is 1.77. The van der Waals surface area contributed by atoms with Crippen molar-refractivity contribution >= 4 is 0 Å². The molecule has 4 heteroatoms. The maximum Gasteiger partial charge on any atom is 0.125 e. The summed E-state index contributed by atoms with van der Waals surface area (Å²) in [6.45, 7) is 4.13. The average Bonchev–Trinajstić information content (AvgIpc) is 2.50. The van der Waals surface area contributed by atoms with E-state index in [1.165, 1.54) is 0 Å². The zero-order valence-electron chi connectivity index (χ0n) is 8.26. The zero-order chi connectivity index (χ0) is 10.6. The molecule has 1 aromatic heterocycles. The van der Waals surface area contributed by atoms with Crippen molar-refractivity contribution in [3.8, 4) is 18.4 Å². The highest BCUT2D eigenvalue weighted by atomic mass is 15.1. The lowest BCUT2D eigenvalue weighted by Crippen LogP contribution is -2.21. The highest BCUT2D eigenvalue weighted by Crippen LogP contribution is 2.18. The standard InChI is InChI=1S/C10H12N4/c1-4-5-12-9(6-11)10-7(2)13-14-8(10)3/h1,9,12H,5H2,2-3H3,(H,13,14). The highest BCUT2D eigenvalue weighted by Gasteiger charge is 2.16. The third-order valence-electron chi connectivity index (χ3n) is 2.01. The van der Waals surface area contributed by atoms with E-state index in [-0.39, 0.29) is 6.04 Å². The molecule has 0 bridgehead atoms. The van der Waals surface area contributed by atoms with Gasteiger partial charge in [-0.05, 0) is 13.8 Å². The molecule has 1 heterocycles. The number of nitrogens with one attached hydrogen (secondary N) is 2. The number of rotatable bonds is 3. The Kier molecular flexibility index (Phi) is 3.28. The Labute approximate surface area is 83.3 Å². The van der Waals surface area contributed by atoms with Gasteiger partial charge in [0, 0.05) is 11.3 Å². The first-order valence-corrected chi connectivity index (χ1v) is 4.28. The summed E-state index contributed by atoms with van der Waals surface area (Å²) in [5, 5.41) is 18.8. The second-order valence-electron chi connectivity index (χ2n) is 2.99. The minimum Gasteiger partial charge on any atom is -0.287 e. The minimum absolute atomic E-state index is 0.377. The fourth-order valence-electron chi connectivity index (χ4n) is 1.36. The molecular formula is C10H12N4. The van der Waals surface area contributed by atoms with Crippen molar-refractivity contribution < 1.29 is 0 Å². The van der Waals surface area contributed by atoms with E-state index in [1.54, 1.807) is 0 Å². The van der Waals surface area contributed by atoms with Crippen LogP contribution in [0.3, 0.4) is 0 Å². The molecule has 0 saturated heterocycles. The number of H-pyrrole nitrogens is 1. The number of aryl methyl sites for hydroxylation is 2. The van der Waals surface area contributed by atoms with Crippen LogP contribution in [0.2, 0.25) is 0 Å². The van der Waals surface area contributed by atoms with E-state index in [2.05, 4.69) is 27.5 Å². The number of nitriles is 1. The van der Waals surface area contributed by atoms with Crippen LogP contribution in [0.15, 0.2) is 0 Å². The Bertz CT molecular complexity index is 372. The van der Waals surface area contributed by atoms with Crippen LogP contribution in [0.4, 0.5) is 0 Å². The molecule has 14 heavy (non-hydrogen) atoms. The molecule has 0 aliphatic heterocycles. The first-order valence-electron chi connectivity index (χ1n) is 4.28. The van der Waals surface area contributed by atoms with E-state index < -0.39 is 0 Å². The van der Waals surface area contributed by atoms with Gasteiger partial charge in [0.05, 0.1) is 18.3 Å². The summed E-state index contributed by atoms with van der Waals surface area (Å²) >= 11 is 0. The van der Waals surface area contributed by atoms with Gasteiger partial charge in [0.25, 0.3) is 0 Å². The van der Waals surface area contributed by atoms with Crippen molar-refractivity contribution in [3.05, 3.63) is 17.0 Å². The van der Waals surface area contributed by atoms with Crippen LogP contribution in [0.25, 0.3) is 0 Å². The lowest BCUT2D eigenvalue weighted by Gasteiger charge is -2.09. The van der Waals surface area contributed by atoms with Crippen LogP contribution in [-0.2, 0) is 0 Å². The van der Waals surface area contributed by atoms with Crippen molar-refractivity contribution in [2.24, 2.45) is 0 Å². The first-order chi connectivity index (χ1) is 6.70. The zero-order valence-corrected chi connectivity index (χ0v) is 8.26. The van der Waals surface area contributed by atoms with Crippen molar-refractivity contribution in [1.82, 2.24) is 15.5 Å². The van der Waals surface area contributed by atoms with Crippen molar-refractivity contribution in [2.75, 3.05) is 6.54 Å². The number of hydrogen-bond donors (Lipinski definition) is 2. The Balaban J connectivity index is 2.91. The Morgan fingerprint density at radius 1 is 1.64 bits per heavy atom. The van der Waals surface area contributed by atoms with E-state index in [4.69, 9.17) is 11.7 Å². The number of aromatic nitrogens is 2. The maximum atomic E-state index is 8.95. The van der Waals surface area contributed by atoms with Gasteiger partial charge in [0.2, 0.25) is 0 Å². The SMILES string of the molecule is C#CCNC(C#N)c1c(C)n[nH]c1C. The fourth-order valence-corrected chi connectivity index (χ4v) is 1.36. The van der Waals surface area contributed by atoms with E-state index in [1.807, 2.05) is 13.8 Å². The Morgan fingerprint density at radius 3 is 2.79 bits per heavy atom. The summed E-state index contributed by atoms with van der Waals surface area (Å²) in [5.41, 5.74) is 2.62. The van der Waals surface area contributed by atoms with Crippen LogP contribution < -0.4 is 5.32 Å². The predicted molar refractivity (Wildman–Crippen MR) is 53.3 cm³/mol. The van der Waals surface area contributed by atoms with Crippen LogP contribution >= 0.6 is 0 Å². The molecule has 0 spiro atoms. The van der Waals surface area contributed by atoms with Gasteiger partial charge < -0.3 is 0 Å². The molecule has 1 aromatic rings. The fraction of sp³-hybridized carbons (Fsp3) is 0.400. The minimum atomic E-state index is -0.384. The number of nitrogens with zero attached hydrogens (tertiary/aromatic N) is 2. The number of terminal acetylenes is 1. The molecule has 1 atom stereocenters. The molecule has 0 fully saturated rings. The van der Waals surface area contributed by atoms with Gasteiger partial charge in [-0.3, -0.25) is 10.4 Å². The molecule has 0 aliphatic rings. The monoisotopic (exact) mass is 188 g/mol. The van der Waals surface area contributed by atoms with E-state index in [0.717, 1.165) is 17.0 Å². The van der Waals surface area contributed by atoms with Gasteiger partial charge in [-0.15, -0.1) is 6.42 Å². The van der Waals surface area contributed by atoms with Gasteiger partial charge >= 0.3 is 0 Å². The summed E-state index contributed by atoms with van der Waals surface area (Å²) in [7, 11) is 0. The van der Waals surface area contributed by atoms with Gasteiger partial charge in [0.15, 0.2) is 0 Å². The smallest absolute Gasteiger partial charge is 0.125 e. The number of aromatic amines is 1. The van der Waals surface area contributed by atoms with Crippen LogP contribution in [0, 0.1) is 37.5 Å². The van der Waals surface area contributed by atoms with Gasteiger partial charge in [0.1, 0.15) is 6.04 Å². The molecule has 1 rings (SSSR count). The third kappa shape index (κ3) is 1.93. The quantitative estimate of drug-likeness (QED) is 0.690. The van der Waals surface area contributed by atoms with Crippen LogP contribution in [0.1, 0.15) is 23.0 Å². The Morgan fingerprint density at radius 2 is 2.36 bits per heavy atom. The summed E-state index contributed by atoms with van der Waals surface area (Å²) < 4.78 is 0. The van der Waals surface area contributed by atoms with Crippen molar-refractivity contribution in [3.63, 3.8) is 0 Å². The molecule has 1 unspecified atom stereocenters. The lowest BCUT2D eigenvalue weighted by molar-refractivity contribution is 0.683. The van der Waals surface area contributed by atoms with Crippen LogP contribution in [-0.4, -0.2) is 16.7 Å². The molecule has 0 saturated carbocycles. The van der Waals surface area contributed by atoms with Gasteiger partial charge in [-0.1, -0.05) is 5.92 Å². The van der Waals surface area contributed by atoms with Crippen LogP contribution in [0.5, 0.6) is 0 Å². The summed E-state index contributed by atoms with van der Waals surface area (Å²) in [4.78, 5) is 0. The van der Waals surface area contributed by atoms with Crippen molar-refractivity contribution in [1.29, 1.82) is 5.26 Å². The van der Waals surface area contributed by atoms with E-state index in [9.17, 15) is 0 Å². The average molecular weight is 188 g/mol. The Hall–Kier alpha value is -1.78. The second-order valence-corrected chi connectivity index (χ2v) is 2.99. The van der Waals surface area contributed by atoms with Gasteiger partial charge in [-0.2, -0.15) is 10.4 Å². The van der Waals surface area contributed by atoms with E-state index >= 15 is 0 Å². The molecule has 2 N–H and O–H groups in total. The van der Waals surface area contributed by atoms with Crippen molar-refractivity contribution in [2.45, 2.75) is 19.9 Å². The third-order valence-corrected chi connectivity index (χ3v) is 2.01. The second kappa shape index (κ2) is 4.45. The number of hydrogen-bond acceptors (Lipinski definition) is 3. The van der Waals surface area contributed by atoms with E-state index in [0.29, 0.717) is 6.54 Å². The molecule has 0 radical (unpaired) electrons.